The number of amides is 1. The number of benzene rings is 1. The minimum atomic E-state index is -0.556. The predicted molar refractivity (Wildman–Crippen MR) is 78.6 cm³/mol. The van der Waals surface area contributed by atoms with Crippen molar-refractivity contribution < 1.29 is 13.9 Å². The van der Waals surface area contributed by atoms with Crippen LogP contribution in [-0.4, -0.2) is 19.1 Å². The summed E-state index contributed by atoms with van der Waals surface area (Å²) in [6, 6.07) is 4.32. The molecular formula is C16H24FNO2. The van der Waals surface area contributed by atoms with Crippen LogP contribution in [0.15, 0.2) is 18.2 Å². The summed E-state index contributed by atoms with van der Waals surface area (Å²) < 4.78 is 18.7. The Morgan fingerprint density at radius 3 is 2.70 bits per heavy atom. The topological polar surface area (TPSA) is 38.3 Å². The summed E-state index contributed by atoms with van der Waals surface area (Å²) in [5, 5.41) is 2.83. The molecule has 0 saturated heterocycles. The van der Waals surface area contributed by atoms with Crippen molar-refractivity contribution in [3.8, 4) is 5.75 Å². The van der Waals surface area contributed by atoms with E-state index in [0.29, 0.717) is 5.75 Å². The number of hydrogen-bond acceptors (Lipinski definition) is 2. The van der Waals surface area contributed by atoms with E-state index in [1.54, 1.807) is 6.07 Å². The fourth-order valence-electron chi connectivity index (χ4n) is 2.06. The number of rotatable bonds is 8. The third kappa shape index (κ3) is 5.19. The van der Waals surface area contributed by atoms with Crippen LogP contribution in [0.25, 0.3) is 0 Å². The minimum Gasteiger partial charge on any atom is -0.497 e. The predicted octanol–water partition coefficient (Wildman–Crippen LogP) is 3.92. The molecule has 0 saturated carbocycles. The van der Waals surface area contributed by atoms with Crippen LogP contribution < -0.4 is 10.1 Å². The second-order valence-corrected chi connectivity index (χ2v) is 5.07. The lowest BCUT2D eigenvalue weighted by Gasteiger charge is -2.14. The number of unbranched alkanes of at least 4 members (excludes halogenated alkanes) is 3. The standard InChI is InChI=1S/C16H24FNO2/c1-4-5-6-7-8-12(2)18-16(19)14-10-9-13(20-3)11-15(14)17/h9-12H,4-8H2,1-3H3,(H,18,19). The van der Waals surface area contributed by atoms with Gasteiger partial charge < -0.3 is 10.1 Å². The average molecular weight is 281 g/mol. The monoisotopic (exact) mass is 281 g/mol. The molecule has 1 rings (SSSR count). The SMILES string of the molecule is CCCCCCC(C)NC(=O)c1ccc(OC)cc1F. The molecule has 0 aliphatic carbocycles. The highest BCUT2D eigenvalue weighted by Gasteiger charge is 2.14. The fourth-order valence-corrected chi connectivity index (χ4v) is 2.06. The zero-order chi connectivity index (χ0) is 15.0. The Morgan fingerprint density at radius 2 is 2.10 bits per heavy atom. The summed E-state index contributed by atoms with van der Waals surface area (Å²) in [5.41, 5.74) is 0.0613. The first-order valence-corrected chi connectivity index (χ1v) is 7.22. The van der Waals surface area contributed by atoms with Crippen molar-refractivity contribution in [2.45, 2.75) is 52.0 Å². The molecule has 20 heavy (non-hydrogen) atoms. The molecule has 112 valence electrons. The van der Waals surface area contributed by atoms with Gasteiger partial charge in [0.25, 0.3) is 5.91 Å². The number of carbonyl (C=O) groups excluding carboxylic acids is 1. The summed E-state index contributed by atoms with van der Waals surface area (Å²) in [4.78, 5) is 12.0. The highest BCUT2D eigenvalue weighted by Crippen LogP contribution is 2.16. The Labute approximate surface area is 120 Å². The number of hydrogen-bond donors (Lipinski definition) is 1. The van der Waals surface area contributed by atoms with Gasteiger partial charge in [-0.05, 0) is 25.5 Å². The molecule has 0 radical (unpaired) electrons. The van der Waals surface area contributed by atoms with Gasteiger partial charge in [-0.25, -0.2) is 4.39 Å². The second kappa shape index (κ2) is 8.56. The summed E-state index contributed by atoms with van der Waals surface area (Å²) >= 11 is 0. The molecule has 1 amide bonds. The zero-order valence-electron chi connectivity index (χ0n) is 12.5. The zero-order valence-corrected chi connectivity index (χ0v) is 12.5. The lowest BCUT2D eigenvalue weighted by atomic mass is 10.1. The van der Waals surface area contributed by atoms with Crippen molar-refractivity contribution in [3.63, 3.8) is 0 Å². The molecule has 1 atom stereocenters. The first-order chi connectivity index (χ1) is 9.58. The summed E-state index contributed by atoms with van der Waals surface area (Å²) in [6.07, 6.45) is 5.59. The van der Waals surface area contributed by atoms with Gasteiger partial charge in [0.2, 0.25) is 0 Å². The van der Waals surface area contributed by atoms with E-state index in [-0.39, 0.29) is 17.5 Å². The molecule has 0 aliphatic rings. The third-order valence-electron chi connectivity index (χ3n) is 3.29. The van der Waals surface area contributed by atoms with Gasteiger partial charge in [0.1, 0.15) is 11.6 Å². The Kier molecular flexibility index (Phi) is 7.05. The van der Waals surface area contributed by atoms with Crippen molar-refractivity contribution in [1.29, 1.82) is 0 Å². The summed E-state index contributed by atoms with van der Waals surface area (Å²) in [5.74, 6) is -0.514. The van der Waals surface area contributed by atoms with Crippen LogP contribution in [0.1, 0.15) is 56.3 Å². The Balaban J connectivity index is 2.49. The molecule has 0 fully saturated rings. The van der Waals surface area contributed by atoms with E-state index in [4.69, 9.17) is 4.74 Å². The van der Waals surface area contributed by atoms with Gasteiger partial charge in [0.15, 0.2) is 0 Å². The van der Waals surface area contributed by atoms with E-state index in [2.05, 4.69) is 12.2 Å². The van der Waals surface area contributed by atoms with Gasteiger partial charge in [0.05, 0.1) is 12.7 Å². The van der Waals surface area contributed by atoms with E-state index < -0.39 is 5.82 Å². The van der Waals surface area contributed by atoms with E-state index in [1.165, 1.54) is 38.5 Å². The quantitative estimate of drug-likeness (QED) is 0.733. The number of nitrogens with one attached hydrogen (secondary N) is 1. The first-order valence-electron chi connectivity index (χ1n) is 7.22. The van der Waals surface area contributed by atoms with E-state index in [9.17, 15) is 9.18 Å². The second-order valence-electron chi connectivity index (χ2n) is 5.07. The maximum Gasteiger partial charge on any atom is 0.254 e. The maximum absolute atomic E-state index is 13.7. The van der Waals surface area contributed by atoms with Crippen molar-refractivity contribution in [3.05, 3.63) is 29.6 Å². The smallest absolute Gasteiger partial charge is 0.254 e. The summed E-state index contributed by atoms with van der Waals surface area (Å²) in [7, 11) is 1.47. The van der Waals surface area contributed by atoms with Gasteiger partial charge >= 0.3 is 0 Å². The lowest BCUT2D eigenvalue weighted by molar-refractivity contribution is 0.0933. The Bertz CT molecular complexity index is 434. The van der Waals surface area contributed by atoms with Crippen molar-refractivity contribution in [2.24, 2.45) is 0 Å². The maximum atomic E-state index is 13.7. The molecule has 3 nitrogen and oxygen atoms in total. The van der Waals surface area contributed by atoms with Crippen LogP contribution in [-0.2, 0) is 0 Å². The molecule has 1 aromatic carbocycles. The molecule has 4 heteroatoms. The average Bonchev–Trinajstić information content (AvgIpc) is 2.43. The van der Waals surface area contributed by atoms with Crippen LogP contribution >= 0.6 is 0 Å². The normalized spacial score (nSPS) is 12.0. The van der Waals surface area contributed by atoms with Crippen molar-refractivity contribution in [1.82, 2.24) is 5.32 Å². The third-order valence-corrected chi connectivity index (χ3v) is 3.29. The van der Waals surface area contributed by atoms with Crippen LogP contribution in [0.4, 0.5) is 4.39 Å². The molecule has 0 aliphatic heterocycles. The van der Waals surface area contributed by atoms with Gasteiger partial charge in [-0.1, -0.05) is 32.6 Å². The van der Waals surface area contributed by atoms with Gasteiger partial charge in [-0.2, -0.15) is 0 Å². The van der Waals surface area contributed by atoms with Crippen LogP contribution in [0.2, 0.25) is 0 Å². The van der Waals surface area contributed by atoms with Crippen LogP contribution in [0.3, 0.4) is 0 Å². The number of carbonyl (C=O) groups is 1. The Hall–Kier alpha value is -1.58. The van der Waals surface area contributed by atoms with Crippen LogP contribution in [0, 0.1) is 5.82 Å². The van der Waals surface area contributed by atoms with E-state index in [1.807, 2.05) is 6.92 Å². The number of methoxy groups -OCH3 is 1. The first kappa shape index (κ1) is 16.5. The molecular weight excluding hydrogens is 257 g/mol. The molecule has 1 unspecified atom stereocenters. The van der Waals surface area contributed by atoms with Crippen molar-refractivity contribution >= 4 is 5.91 Å². The lowest BCUT2D eigenvalue weighted by Crippen LogP contribution is -2.33. The van der Waals surface area contributed by atoms with E-state index >= 15 is 0 Å². The Morgan fingerprint density at radius 1 is 1.35 bits per heavy atom. The molecule has 0 spiro atoms. The van der Waals surface area contributed by atoms with E-state index in [0.717, 1.165) is 12.8 Å². The molecule has 1 N–H and O–H groups in total. The number of ether oxygens (including phenoxy) is 1. The minimum absolute atomic E-state index is 0.0563. The van der Waals surface area contributed by atoms with Gasteiger partial charge in [-0.3, -0.25) is 4.79 Å². The van der Waals surface area contributed by atoms with Crippen LogP contribution in [0.5, 0.6) is 5.75 Å². The summed E-state index contributed by atoms with van der Waals surface area (Å²) in [6.45, 7) is 4.11. The molecule has 0 bridgehead atoms. The fraction of sp³-hybridized carbons (Fsp3) is 0.562. The molecule has 0 heterocycles. The molecule has 0 aromatic heterocycles. The van der Waals surface area contributed by atoms with Gasteiger partial charge in [0, 0.05) is 12.1 Å². The largest absolute Gasteiger partial charge is 0.497 e. The van der Waals surface area contributed by atoms with Crippen molar-refractivity contribution in [2.75, 3.05) is 7.11 Å². The number of halogens is 1. The highest BCUT2D eigenvalue weighted by molar-refractivity contribution is 5.94. The van der Waals surface area contributed by atoms with Gasteiger partial charge in [-0.15, -0.1) is 0 Å². The highest BCUT2D eigenvalue weighted by atomic mass is 19.1. The molecule has 1 aromatic rings.